The molecule has 0 aromatic heterocycles. The minimum Gasteiger partial charge on any atom is -0.0856 e. The van der Waals surface area contributed by atoms with Gasteiger partial charge in [0.05, 0.1) is 0 Å². The second-order valence-electron chi connectivity index (χ2n) is 18.8. The zero-order chi connectivity index (χ0) is 45.0. The summed E-state index contributed by atoms with van der Waals surface area (Å²) in [5, 5.41) is 0. The molecule has 0 amide bonds. The van der Waals surface area contributed by atoms with Gasteiger partial charge in [-0.2, -0.15) is 0 Å². The first-order valence-electron chi connectivity index (χ1n) is 24.3. The third-order valence-electron chi connectivity index (χ3n) is 11.8. The van der Waals surface area contributed by atoms with E-state index in [1.807, 2.05) is 6.08 Å². The number of allylic oxidation sites excluding steroid dienone is 24. The van der Waals surface area contributed by atoms with Crippen molar-refractivity contribution in [1.29, 1.82) is 0 Å². The Labute approximate surface area is 376 Å². The standard InChI is InChI=1S/C60H97/c1-15-50(4)28-17-30-52(6)32-19-34-54(8)36-21-38-56(10)40-23-42-58(12)44-25-46-60(14)48-26-47-59(13)45-24-43-57(11)41-22-39-55(9)37-20-35-53(7)33-18-31-51(5)29-16-27-49(2)3/h15,27,30-31,34-35,38-39,42-43,46-47H,1,16-26,28-29,32-33,36-37,40-41,44-45,48H2,2-14H3/b50-15+,51-31+,52-30+,53-35+,54-34+,55-39+,56-38+,57-43+,58-42+,59-47+,60-46+. The Morgan fingerprint density at radius 3 is 0.483 bits per heavy atom. The average Bonchev–Trinajstić information content (AvgIpc) is 3.17. The fourth-order valence-electron chi connectivity index (χ4n) is 7.17. The summed E-state index contributed by atoms with van der Waals surface area (Å²) in [7, 11) is 0. The lowest BCUT2D eigenvalue weighted by molar-refractivity contribution is 0.878. The van der Waals surface area contributed by atoms with Crippen LogP contribution in [-0.4, -0.2) is 0 Å². The molecule has 0 N–H and O–H groups in total. The van der Waals surface area contributed by atoms with Gasteiger partial charge in [0.25, 0.3) is 0 Å². The first-order chi connectivity index (χ1) is 28.6. The van der Waals surface area contributed by atoms with E-state index in [1.165, 1.54) is 144 Å². The van der Waals surface area contributed by atoms with Gasteiger partial charge in [0.1, 0.15) is 0 Å². The summed E-state index contributed by atoms with van der Waals surface area (Å²) in [4.78, 5) is 0. The largest absolute Gasteiger partial charge is 0.0856 e. The zero-order valence-corrected chi connectivity index (χ0v) is 42.2. The van der Waals surface area contributed by atoms with E-state index in [-0.39, 0.29) is 0 Å². The highest BCUT2D eigenvalue weighted by Crippen LogP contribution is 2.19. The van der Waals surface area contributed by atoms with Crippen LogP contribution in [0.4, 0.5) is 0 Å². The number of hydrogen-bond donors (Lipinski definition) is 0. The Hall–Kier alpha value is -3.12. The molecule has 0 aliphatic heterocycles. The van der Waals surface area contributed by atoms with Crippen LogP contribution in [0.1, 0.15) is 231 Å². The normalized spacial score (nSPS) is 15.1. The molecule has 60 heavy (non-hydrogen) atoms. The van der Waals surface area contributed by atoms with Crippen molar-refractivity contribution in [2.24, 2.45) is 0 Å². The van der Waals surface area contributed by atoms with Crippen molar-refractivity contribution in [2.75, 3.05) is 0 Å². The third-order valence-corrected chi connectivity index (χ3v) is 11.8. The highest BCUT2D eigenvalue weighted by atomic mass is 14.1. The topological polar surface area (TPSA) is 0 Å². The molecule has 0 saturated heterocycles. The van der Waals surface area contributed by atoms with Crippen LogP contribution < -0.4 is 0 Å². The average molecular weight is 818 g/mol. The summed E-state index contributed by atoms with van der Waals surface area (Å²) in [6.45, 7) is 33.4. The van der Waals surface area contributed by atoms with Gasteiger partial charge in [0.15, 0.2) is 0 Å². The first kappa shape index (κ1) is 56.9. The van der Waals surface area contributed by atoms with Crippen LogP contribution in [-0.2, 0) is 0 Å². The van der Waals surface area contributed by atoms with Crippen molar-refractivity contribution in [3.8, 4) is 0 Å². The molecule has 337 valence electrons. The van der Waals surface area contributed by atoms with E-state index in [2.05, 4.69) is 164 Å². The van der Waals surface area contributed by atoms with Crippen molar-refractivity contribution < 1.29 is 0 Å². The summed E-state index contributed by atoms with van der Waals surface area (Å²) < 4.78 is 0. The molecule has 0 aliphatic rings. The van der Waals surface area contributed by atoms with Crippen LogP contribution in [0, 0.1) is 6.92 Å². The lowest BCUT2D eigenvalue weighted by Gasteiger charge is -2.04. The maximum Gasteiger partial charge on any atom is -0.0288 e. The maximum absolute atomic E-state index is 3.86. The van der Waals surface area contributed by atoms with Gasteiger partial charge in [0, 0.05) is 0 Å². The van der Waals surface area contributed by atoms with Crippen LogP contribution in [0.15, 0.2) is 140 Å². The number of hydrogen-bond acceptors (Lipinski definition) is 0. The molecule has 0 aromatic carbocycles. The SMILES string of the molecule is [CH2]/C=C(\C)CC/C=C(\C)CC/C=C(\C)CC/C=C(\C)CC/C=C(\C)CC/C=C(\C)CC/C=C(\C)CC/C=C(\C)CC/C=C(\C)CC/C=C(\C)CC/C=C(\C)CCC=C(C)C. The van der Waals surface area contributed by atoms with Crippen molar-refractivity contribution in [3.63, 3.8) is 0 Å². The van der Waals surface area contributed by atoms with E-state index in [4.69, 9.17) is 0 Å². The van der Waals surface area contributed by atoms with Gasteiger partial charge >= 0.3 is 0 Å². The van der Waals surface area contributed by atoms with E-state index >= 15 is 0 Å². The van der Waals surface area contributed by atoms with E-state index in [0.29, 0.717) is 0 Å². The minimum absolute atomic E-state index is 1.13. The Morgan fingerprint density at radius 1 is 0.217 bits per heavy atom. The summed E-state index contributed by atoms with van der Waals surface area (Å²) >= 11 is 0. The lowest BCUT2D eigenvalue weighted by atomic mass is 10.0. The van der Waals surface area contributed by atoms with Crippen molar-refractivity contribution >= 4 is 0 Å². The van der Waals surface area contributed by atoms with Crippen molar-refractivity contribution in [2.45, 2.75) is 231 Å². The quantitative estimate of drug-likeness (QED) is 0.0579. The van der Waals surface area contributed by atoms with E-state index in [1.54, 1.807) is 0 Å². The fraction of sp³-hybridized carbons (Fsp3) is 0.583. The summed E-state index contributed by atoms with van der Waals surface area (Å²) in [6.07, 6.45) is 54.5. The third kappa shape index (κ3) is 37.8. The molecule has 0 saturated carbocycles. The van der Waals surface area contributed by atoms with E-state index in [9.17, 15) is 0 Å². The van der Waals surface area contributed by atoms with E-state index < -0.39 is 0 Å². The van der Waals surface area contributed by atoms with Gasteiger partial charge in [-0.3, -0.25) is 0 Å². The molecule has 0 spiro atoms. The van der Waals surface area contributed by atoms with Gasteiger partial charge in [-0.25, -0.2) is 0 Å². The zero-order valence-electron chi connectivity index (χ0n) is 42.2. The molecule has 0 heteroatoms. The molecule has 0 rings (SSSR count). The number of rotatable bonds is 33. The van der Waals surface area contributed by atoms with Crippen LogP contribution in [0.2, 0.25) is 0 Å². The Kier molecular flexibility index (Phi) is 35.7. The molecule has 0 unspecified atom stereocenters. The molecule has 0 aromatic rings. The molecule has 0 nitrogen and oxygen atoms in total. The second kappa shape index (κ2) is 37.6. The van der Waals surface area contributed by atoms with Gasteiger partial charge in [-0.1, -0.05) is 140 Å². The van der Waals surface area contributed by atoms with Crippen LogP contribution in [0.25, 0.3) is 0 Å². The molecule has 0 aliphatic carbocycles. The molecular weight excluding hydrogens is 721 g/mol. The molecular formula is C60H97. The molecule has 0 fully saturated rings. The fourth-order valence-corrected chi connectivity index (χ4v) is 7.17. The van der Waals surface area contributed by atoms with Gasteiger partial charge in [-0.15, -0.1) is 0 Å². The predicted octanol–water partition coefficient (Wildman–Crippen LogP) is 20.8. The Bertz CT molecular complexity index is 1550. The summed E-state index contributed by atoms with van der Waals surface area (Å²) in [5.74, 6) is 0. The maximum atomic E-state index is 3.86. The highest BCUT2D eigenvalue weighted by Gasteiger charge is 1.99. The van der Waals surface area contributed by atoms with Gasteiger partial charge in [0.2, 0.25) is 0 Å². The minimum atomic E-state index is 1.13. The van der Waals surface area contributed by atoms with Crippen molar-refractivity contribution in [3.05, 3.63) is 147 Å². The van der Waals surface area contributed by atoms with E-state index in [0.717, 1.165) is 64.2 Å². The first-order valence-corrected chi connectivity index (χ1v) is 24.3. The van der Waals surface area contributed by atoms with Gasteiger partial charge in [-0.05, 0) is 238 Å². The summed E-state index contributed by atoms with van der Waals surface area (Å²) in [6, 6.07) is 0. The smallest absolute Gasteiger partial charge is 0.0288 e. The Morgan fingerprint density at radius 2 is 0.350 bits per heavy atom. The van der Waals surface area contributed by atoms with Crippen LogP contribution in [0.3, 0.4) is 0 Å². The molecule has 0 atom stereocenters. The molecule has 0 bridgehead atoms. The molecule has 1 radical (unpaired) electrons. The summed E-state index contributed by atoms with van der Waals surface area (Å²) in [5.41, 5.74) is 18.1. The highest BCUT2D eigenvalue weighted by molar-refractivity contribution is 5.12. The predicted molar refractivity (Wildman–Crippen MR) is 278 cm³/mol. The van der Waals surface area contributed by atoms with Crippen molar-refractivity contribution in [1.82, 2.24) is 0 Å². The second-order valence-corrected chi connectivity index (χ2v) is 18.8. The lowest BCUT2D eigenvalue weighted by Crippen LogP contribution is -1.84. The Balaban J connectivity index is 4.27. The molecule has 0 heterocycles. The van der Waals surface area contributed by atoms with Gasteiger partial charge < -0.3 is 0 Å². The van der Waals surface area contributed by atoms with Crippen LogP contribution in [0.5, 0.6) is 0 Å². The van der Waals surface area contributed by atoms with Crippen LogP contribution >= 0.6 is 0 Å². The monoisotopic (exact) mass is 818 g/mol.